The summed E-state index contributed by atoms with van der Waals surface area (Å²) in [5, 5.41) is 8.92. The minimum absolute atomic E-state index is 0.329. The van der Waals surface area contributed by atoms with Crippen molar-refractivity contribution < 1.29 is 19.4 Å². The third kappa shape index (κ3) is 4.18. The number of hydrogen-bond donors (Lipinski definition) is 1. The van der Waals surface area contributed by atoms with Gasteiger partial charge in [-0.2, -0.15) is 0 Å². The Morgan fingerprint density at radius 3 is 2.06 bits per heavy atom. The lowest BCUT2D eigenvalue weighted by molar-refractivity contribution is -0.143. The van der Waals surface area contributed by atoms with Crippen LogP contribution in [0.4, 0.5) is 4.79 Å². The van der Waals surface area contributed by atoms with E-state index in [0.717, 1.165) is 0 Å². The fraction of sp³-hybridized carbons (Fsp3) is 0.833. The number of rotatable bonds is 2. The van der Waals surface area contributed by atoms with Crippen molar-refractivity contribution in [2.75, 3.05) is 26.2 Å². The molecule has 0 spiro atoms. The zero-order valence-corrected chi connectivity index (χ0v) is 11.5. The number of ether oxygens (including phenoxy) is 1. The van der Waals surface area contributed by atoms with Gasteiger partial charge in [-0.05, 0) is 27.7 Å². The van der Waals surface area contributed by atoms with Crippen LogP contribution in [-0.2, 0) is 9.53 Å². The first-order valence-electron chi connectivity index (χ1n) is 6.15. The molecular formula is C12H22N2O4. The minimum atomic E-state index is -0.833. The van der Waals surface area contributed by atoms with Crippen molar-refractivity contribution in [3.8, 4) is 0 Å². The third-order valence-electron chi connectivity index (χ3n) is 2.87. The topological polar surface area (TPSA) is 70.1 Å². The fourth-order valence-corrected chi connectivity index (χ4v) is 1.77. The molecule has 1 fully saturated rings. The molecule has 0 aromatic heterocycles. The van der Waals surface area contributed by atoms with Gasteiger partial charge in [-0.25, -0.2) is 4.79 Å². The Morgan fingerprint density at radius 1 is 1.17 bits per heavy atom. The average molecular weight is 258 g/mol. The molecule has 1 amide bonds. The van der Waals surface area contributed by atoms with Crippen molar-refractivity contribution in [1.29, 1.82) is 0 Å². The highest BCUT2D eigenvalue weighted by atomic mass is 16.6. The number of aliphatic carboxylic acids is 1. The highest BCUT2D eigenvalue weighted by Crippen LogP contribution is 2.12. The summed E-state index contributed by atoms with van der Waals surface area (Å²) in [6.07, 6.45) is -0.329. The summed E-state index contributed by atoms with van der Waals surface area (Å²) in [6, 6.07) is -0.509. The van der Waals surface area contributed by atoms with Gasteiger partial charge in [0.2, 0.25) is 0 Å². The van der Waals surface area contributed by atoms with Crippen molar-refractivity contribution >= 4 is 12.1 Å². The summed E-state index contributed by atoms with van der Waals surface area (Å²) in [4.78, 5) is 26.1. The molecule has 0 unspecified atom stereocenters. The summed E-state index contributed by atoms with van der Waals surface area (Å²) in [6.45, 7) is 9.28. The zero-order chi connectivity index (χ0) is 13.9. The van der Waals surface area contributed by atoms with Crippen LogP contribution < -0.4 is 0 Å². The molecule has 0 saturated carbocycles. The maximum atomic E-state index is 11.8. The smallest absolute Gasteiger partial charge is 0.410 e. The van der Waals surface area contributed by atoms with Crippen molar-refractivity contribution in [2.24, 2.45) is 0 Å². The van der Waals surface area contributed by atoms with Gasteiger partial charge in [0.1, 0.15) is 11.6 Å². The Hall–Kier alpha value is -1.30. The molecule has 1 atom stereocenters. The van der Waals surface area contributed by atoms with Gasteiger partial charge in [0.25, 0.3) is 0 Å². The van der Waals surface area contributed by atoms with Crippen molar-refractivity contribution in [1.82, 2.24) is 9.80 Å². The van der Waals surface area contributed by atoms with E-state index in [0.29, 0.717) is 26.2 Å². The van der Waals surface area contributed by atoms with Gasteiger partial charge >= 0.3 is 12.1 Å². The van der Waals surface area contributed by atoms with Crippen LogP contribution in [0.15, 0.2) is 0 Å². The molecule has 18 heavy (non-hydrogen) atoms. The molecular weight excluding hydrogens is 236 g/mol. The van der Waals surface area contributed by atoms with Crippen molar-refractivity contribution in [3.63, 3.8) is 0 Å². The molecule has 1 rings (SSSR count). The molecule has 6 nitrogen and oxygen atoms in total. The lowest BCUT2D eigenvalue weighted by atomic mass is 10.2. The number of carbonyl (C=O) groups is 2. The van der Waals surface area contributed by atoms with Gasteiger partial charge in [-0.1, -0.05) is 0 Å². The second-order valence-corrected chi connectivity index (χ2v) is 5.52. The third-order valence-corrected chi connectivity index (χ3v) is 2.87. The molecule has 6 heteroatoms. The molecule has 1 aliphatic rings. The quantitative estimate of drug-likeness (QED) is 0.800. The first-order valence-corrected chi connectivity index (χ1v) is 6.15. The van der Waals surface area contributed by atoms with Crippen LogP contribution in [0.2, 0.25) is 0 Å². The normalized spacial score (nSPS) is 19.4. The SMILES string of the molecule is C[C@@H](C(=O)O)N1CCN(C(=O)OC(C)(C)C)CC1. The molecule has 1 N–H and O–H groups in total. The highest BCUT2D eigenvalue weighted by molar-refractivity contribution is 5.73. The van der Waals surface area contributed by atoms with Crippen LogP contribution in [0.3, 0.4) is 0 Å². The zero-order valence-electron chi connectivity index (χ0n) is 11.5. The predicted molar refractivity (Wildman–Crippen MR) is 66.5 cm³/mol. The van der Waals surface area contributed by atoms with E-state index >= 15 is 0 Å². The van der Waals surface area contributed by atoms with E-state index < -0.39 is 17.6 Å². The summed E-state index contributed by atoms with van der Waals surface area (Å²) in [7, 11) is 0. The number of piperazine rings is 1. The number of amides is 1. The van der Waals surface area contributed by atoms with Crippen LogP contribution in [-0.4, -0.2) is 64.8 Å². The Kier molecular flexibility index (Phi) is 4.56. The number of hydrogen-bond acceptors (Lipinski definition) is 4. The number of nitrogens with zero attached hydrogens (tertiary/aromatic N) is 2. The maximum Gasteiger partial charge on any atom is 0.410 e. The maximum absolute atomic E-state index is 11.8. The average Bonchev–Trinajstić information content (AvgIpc) is 2.26. The van der Waals surface area contributed by atoms with Gasteiger partial charge in [0.05, 0.1) is 0 Å². The molecule has 0 aromatic rings. The monoisotopic (exact) mass is 258 g/mol. The largest absolute Gasteiger partial charge is 0.480 e. The Labute approximate surface area is 107 Å². The van der Waals surface area contributed by atoms with E-state index in [4.69, 9.17) is 9.84 Å². The molecule has 0 bridgehead atoms. The van der Waals surface area contributed by atoms with Gasteiger partial charge in [0, 0.05) is 26.2 Å². The summed E-state index contributed by atoms with van der Waals surface area (Å²) >= 11 is 0. The van der Waals surface area contributed by atoms with Gasteiger partial charge in [-0.15, -0.1) is 0 Å². The first kappa shape index (κ1) is 14.8. The van der Waals surface area contributed by atoms with Gasteiger partial charge in [-0.3, -0.25) is 9.69 Å². The van der Waals surface area contributed by atoms with Crippen LogP contribution in [0.1, 0.15) is 27.7 Å². The fourth-order valence-electron chi connectivity index (χ4n) is 1.77. The van der Waals surface area contributed by atoms with E-state index in [1.165, 1.54) is 0 Å². The van der Waals surface area contributed by atoms with E-state index in [1.54, 1.807) is 11.8 Å². The lowest BCUT2D eigenvalue weighted by Gasteiger charge is -2.37. The van der Waals surface area contributed by atoms with Crippen molar-refractivity contribution in [3.05, 3.63) is 0 Å². The molecule has 0 aliphatic carbocycles. The lowest BCUT2D eigenvalue weighted by Crippen LogP contribution is -2.53. The van der Waals surface area contributed by atoms with E-state index in [2.05, 4.69) is 0 Å². The Balaban J connectivity index is 2.44. The van der Waals surface area contributed by atoms with Crippen LogP contribution in [0.25, 0.3) is 0 Å². The molecule has 0 aromatic carbocycles. The van der Waals surface area contributed by atoms with Crippen LogP contribution >= 0.6 is 0 Å². The first-order chi connectivity index (χ1) is 8.20. The molecule has 1 saturated heterocycles. The van der Waals surface area contributed by atoms with Crippen molar-refractivity contribution in [2.45, 2.75) is 39.3 Å². The Morgan fingerprint density at radius 2 is 1.67 bits per heavy atom. The van der Waals surface area contributed by atoms with Crippen LogP contribution in [0.5, 0.6) is 0 Å². The second-order valence-electron chi connectivity index (χ2n) is 5.52. The summed E-state index contributed by atoms with van der Waals surface area (Å²) in [5.41, 5.74) is -0.497. The van der Waals surface area contributed by atoms with Gasteiger partial charge < -0.3 is 14.7 Å². The molecule has 0 radical (unpaired) electrons. The standard InChI is InChI=1S/C12H22N2O4/c1-9(10(15)16)13-5-7-14(8-6-13)11(17)18-12(2,3)4/h9H,5-8H2,1-4H3,(H,15,16)/t9-/m0/s1. The molecule has 104 valence electrons. The Bertz CT molecular complexity index is 317. The van der Waals surface area contributed by atoms with E-state index in [9.17, 15) is 9.59 Å². The highest BCUT2D eigenvalue weighted by Gasteiger charge is 2.29. The van der Waals surface area contributed by atoms with Gasteiger partial charge in [0.15, 0.2) is 0 Å². The number of carboxylic acid groups (broad SMARTS) is 1. The summed E-state index contributed by atoms with van der Waals surface area (Å²) in [5.74, 6) is -0.833. The molecule has 1 aliphatic heterocycles. The van der Waals surface area contributed by atoms with E-state index in [1.807, 2.05) is 25.7 Å². The molecule has 1 heterocycles. The summed E-state index contributed by atoms with van der Waals surface area (Å²) < 4.78 is 5.27. The van der Waals surface area contributed by atoms with Crippen LogP contribution in [0, 0.1) is 0 Å². The van der Waals surface area contributed by atoms with E-state index in [-0.39, 0.29) is 6.09 Å². The number of carboxylic acids is 1. The predicted octanol–water partition coefficient (Wildman–Crippen LogP) is 1.01. The number of carbonyl (C=O) groups excluding carboxylic acids is 1. The minimum Gasteiger partial charge on any atom is -0.480 e. The second kappa shape index (κ2) is 5.56.